The van der Waals surface area contributed by atoms with Crippen LogP contribution in [0.3, 0.4) is 0 Å². The molecule has 110 valence electrons. The van der Waals surface area contributed by atoms with Crippen molar-refractivity contribution in [1.82, 2.24) is 20.5 Å². The van der Waals surface area contributed by atoms with Crippen molar-refractivity contribution in [3.63, 3.8) is 0 Å². The third-order valence-corrected chi connectivity index (χ3v) is 3.37. The summed E-state index contributed by atoms with van der Waals surface area (Å²) in [6.07, 6.45) is 2.84. The summed E-state index contributed by atoms with van der Waals surface area (Å²) < 4.78 is 0. The minimum Gasteiger partial charge on any atom is -0.393 e. The van der Waals surface area contributed by atoms with Gasteiger partial charge in [0.1, 0.15) is 0 Å². The van der Waals surface area contributed by atoms with Gasteiger partial charge in [-0.25, -0.2) is 5.10 Å². The standard InChI is InChI=1S/C16H15N5O/c1-18-9-11(8-17)14-7-12(16(22)21-20-14)15-6-10-4-2-3-5-13(10)19-15/h2-9,17-19H,1H3,(H,21,22)/b11-9+,17-8?. The molecule has 0 unspecified atom stereocenters. The van der Waals surface area contributed by atoms with Crippen LogP contribution in [0.5, 0.6) is 0 Å². The molecule has 0 radical (unpaired) electrons. The van der Waals surface area contributed by atoms with Gasteiger partial charge in [0, 0.05) is 35.9 Å². The molecule has 0 amide bonds. The summed E-state index contributed by atoms with van der Waals surface area (Å²) in [6, 6.07) is 11.4. The van der Waals surface area contributed by atoms with Crippen molar-refractivity contribution in [2.24, 2.45) is 0 Å². The molecular weight excluding hydrogens is 278 g/mol. The van der Waals surface area contributed by atoms with Gasteiger partial charge in [0.15, 0.2) is 0 Å². The number of para-hydroxylation sites is 1. The van der Waals surface area contributed by atoms with E-state index in [2.05, 4.69) is 20.5 Å². The molecule has 3 aromatic rings. The number of H-pyrrole nitrogens is 2. The van der Waals surface area contributed by atoms with Crippen LogP contribution in [0.15, 0.2) is 47.4 Å². The van der Waals surface area contributed by atoms with Gasteiger partial charge >= 0.3 is 0 Å². The van der Waals surface area contributed by atoms with Crippen LogP contribution in [0.1, 0.15) is 5.69 Å². The summed E-state index contributed by atoms with van der Waals surface area (Å²) in [7, 11) is 1.74. The Kier molecular flexibility index (Phi) is 3.57. The Morgan fingerprint density at radius 1 is 1.32 bits per heavy atom. The molecule has 6 nitrogen and oxygen atoms in total. The zero-order valence-corrected chi connectivity index (χ0v) is 12.0. The Labute approximate surface area is 126 Å². The van der Waals surface area contributed by atoms with E-state index in [9.17, 15) is 4.79 Å². The van der Waals surface area contributed by atoms with Gasteiger partial charge in [-0.05, 0) is 18.2 Å². The molecule has 3 rings (SSSR count). The lowest BCUT2D eigenvalue weighted by atomic mass is 10.1. The first-order chi connectivity index (χ1) is 10.7. The van der Waals surface area contributed by atoms with Crippen LogP contribution in [0.25, 0.3) is 27.7 Å². The quantitative estimate of drug-likeness (QED) is 0.555. The fourth-order valence-corrected chi connectivity index (χ4v) is 2.32. The Balaban J connectivity index is 2.15. The molecule has 0 atom stereocenters. The van der Waals surface area contributed by atoms with Gasteiger partial charge in [-0.2, -0.15) is 5.10 Å². The highest BCUT2D eigenvalue weighted by Crippen LogP contribution is 2.22. The number of aromatic amines is 2. The second-order valence-electron chi connectivity index (χ2n) is 4.80. The summed E-state index contributed by atoms with van der Waals surface area (Å²) in [5.74, 6) is 0. The van der Waals surface area contributed by atoms with Crippen LogP contribution >= 0.6 is 0 Å². The third-order valence-electron chi connectivity index (χ3n) is 3.37. The van der Waals surface area contributed by atoms with Gasteiger partial charge in [0.25, 0.3) is 5.56 Å². The Morgan fingerprint density at radius 3 is 2.86 bits per heavy atom. The molecule has 6 heteroatoms. The Morgan fingerprint density at radius 2 is 2.14 bits per heavy atom. The number of fused-ring (bicyclic) bond motifs is 1. The van der Waals surface area contributed by atoms with E-state index in [1.807, 2.05) is 30.3 Å². The van der Waals surface area contributed by atoms with Gasteiger partial charge < -0.3 is 15.7 Å². The summed E-state index contributed by atoms with van der Waals surface area (Å²) >= 11 is 0. The number of hydrogen-bond donors (Lipinski definition) is 4. The molecule has 0 saturated heterocycles. The average molecular weight is 293 g/mol. The Bertz CT molecular complexity index is 886. The zero-order chi connectivity index (χ0) is 15.5. The molecule has 0 saturated carbocycles. The Hall–Kier alpha value is -3.15. The molecule has 0 fully saturated rings. The third kappa shape index (κ3) is 2.42. The fraction of sp³-hybridized carbons (Fsp3) is 0.0625. The fourth-order valence-electron chi connectivity index (χ4n) is 2.32. The lowest BCUT2D eigenvalue weighted by Gasteiger charge is -2.03. The van der Waals surface area contributed by atoms with Gasteiger partial charge in [-0.1, -0.05) is 18.2 Å². The molecule has 0 bridgehead atoms. The van der Waals surface area contributed by atoms with Crippen LogP contribution in [0, 0.1) is 5.41 Å². The maximum absolute atomic E-state index is 12.1. The number of aromatic nitrogens is 3. The van der Waals surface area contributed by atoms with Crippen molar-refractivity contribution in [2.45, 2.75) is 0 Å². The van der Waals surface area contributed by atoms with E-state index in [0.29, 0.717) is 16.8 Å². The lowest BCUT2D eigenvalue weighted by molar-refractivity contribution is 0.972. The van der Waals surface area contributed by atoms with E-state index in [-0.39, 0.29) is 5.56 Å². The first kappa shape index (κ1) is 13.8. The van der Waals surface area contributed by atoms with E-state index >= 15 is 0 Å². The monoisotopic (exact) mass is 293 g/mol. The van der Waals surface area contributed by atoms with Crippen molar-refractivity contribution in [2.75, 3.05) is 7.05 Å². The highest BCUT2D eigenvalue weighted by Gasteiger charge is 2.10. The first-order valence-electron chi connectivity index (χ1n) is 6.79. The molecule has 1 aromatic carbocycles. The summed E-state index contributed by atoms with van der Waals surface area (Å²) in [5, 5.41) is 17.8. The normalized spacial score (nSPS) is 11.6. The number of nitrogens with one attached hydrogen (secondary N) is 4. The molecule has 22 heavy (non-hydrogen) atoms. The molecule has 0 aliphatic carbocycles. The number of nitrogens with zero attached hydrogens (tertiary/aromatic N) is 1. The summed E-state index contributed by atoms with van der Waals surface area (Å²) in [6.45, 7) is 0. The molecular formula is C16H15N5O. The smallest absolute Gasteiger partial charge is 0.273 e. The van der Waals surface area contributed by atoms with Crippen molar-refractivity contribution in [3.8, 4) is 11.3 Å². The number of rotatable bonds is 4. The van der Waals surface area contributed by atoms with Crippen LogP contribution in [0.2, 0.25) is 0 Å². The van der Waals surface area contributed by atoms with Crippen molar-refractivity contribution >= 4 is 22.7 Å². The molecule has 2 heterocycles. The van der Waals surface area contributed by atoms with E-state index in [4.69, 9.17) is 5.41 Å². The summed E-state index contributed by atoms with van der Waals surface area (Å²) in [5.41, 5.74) is 3.01. The first-order valence-corrected chi connectivity index (χ1v) is 6.79. The van der Waals surface area contributed by atoms with E-state index in [0.717, 1.165) is 16.6 Å². The van der Waals surface area contributed by atoms with Gasteiger partial charge in [0.2, 0.25) is 0 Å². The molecule has 4 N–H and O–H groups in total. The van der Waals surface area contributed by atoms with Crippen LogP contribution in [-0.2, 0) is 0 Å². The average Bonchev–Trinajstić information content (AvgIpc) is 2.97. The number of allylic oxidation sites excluding steroid dienone is 1. The maximum atomic E-state index is 12.1. The van der Waals surface area contributed by atoms with Crippen molar-refractivity contribution in [3.05, 3.63) is 58.6 Å². The van der Waals surface area contributed by atoms with E-state index in [1.54, 1.807) is 19.3 Å². The minimum atomic E-state index is -0.274. The number of benzene rings is 1. The van der Waals surface area contributed by atoms with Gasteiger partial charge in [0.05, 0.1) is 17.0 Å². The van der Waals surface area contributed by atoms with E-state index in [1.165, 1.54) is 6.21 Å². The SMILES string of the molecule is CN/C=C(\C=N)c1cc(-c2cc3ccccc3[nH]2)c(=O)[nH]n1. The van der Waals surface area contributed by atoms with Crippen LogP contribution in [-0.4, -0.2) is 28.4 Å². The van der Waals surface area contributed by atoms with Crippen molar-refractivity contribution < 1.29 is 0 Å². The van der Waals surface area contributed by atoms with Gasteiger partial charge in [-0.15, -0.1) is 0 Å². The molecule has 0 spiro atoms. The topological polar surface area (TPSA) is 97.4 Å². The minimum absolute atomic E-state index is 0.274. The zero-order valence-electron chi connectivity index (χ0n) is 12.0. The predicted molar refractivity (Wildman–Crippen MR) is 88.0 cm³/mol. The largest absolute Gasteiger partial charge is 0.393 e. The maximum Gasteiger partial charge on any atom is 0.273 e. The molecule has 2 aromatic heterocycles. The van der Waals surface area contributed by atoms with Gasteiger partial charge in [-0.3, -0.25) is 4.79 Å². The number of hydrogen-bond acceptors (Lipinski definition) is 4. The highest BCUT2D eigenvalue weighted by molar-refractivity contribution is 6.07. The second kappa shape index (κ2) is 5.69. The second-order valence-corrected chi connectivity index (χ2v) is 4.80. The molecule has 0 aliphatic rings. The van der Waals surface area contributed by atoms with Crippen molar-refractivity contribution in [1.29, 1.82) is 5.41 Å². The lowest BCUT2D eigenvalue weighted by Crippen LogP contribution is -2.13. The van der Waals surface area contributed by atoms with E-state index < -0.39 is 0 Å². The molecule has 0 aliphatic heterocycles. The highest BCUT2D eigenvalue weighted by atomic mass is 16.1. The van der Waals surface area contributed by atoms with Crippen LogP contribution in [0.4, 0.5) is 0 Å². The van der Waals surface area contributed by atoms with Crippen LogP contribution < -0.4 is 10.9 Å². The summed E-state index contributed by atoms with van der Waals surface area (Å²) in [4.78, 5) is 15.3. The predicted octanol–water partition coefficient (Wildman–Crippen LogP) is 2.13.